The Balaban J connectivity index is 1.22. The Labute approximate surface area is 234 Å². The zero-order chi connectivity index (χ0) is 26.9. The van der Waals surface area contributed by atoms with Gasteiger partial charge in [-0.3, -0.25) is 9.20 Å². The molecule has 198 valence electrons. The summed E-state index contributed by atoms with van der Waals surface area (Å²) in [5, 5.41) is 26.8. The fourth-order valence-corrected chi connectivity index (χ4v) is 6.39. The van der Waals surface area contributed by atoms with Gasteiger partial charge in [0.15, 0.2) is 16.6 Å². The van der Waals surface area contributed by atoms with Crippen LogP contribution in [-0.2, 0) is 0 Å². The molecular weight excluding hydrogens is 532 g/mol. The highest BCUT2D eigenvalue weighted by Gasteiger charge is 2.28. The maximum atomic E-state index is 13.3. The number of fused-ring (bicyclic) bond motifs is 2. The number of nitrogens with one attached hydrogen (secondary N) is 2. The molecule has 1 atom stereocenters. The van der Waals surface area contributed by atoms with E-state index < -0.39 is 6.04 Å². The van der Waals surface area contributed by atoms with Crippen LogP contribution >= 0.6 is 22.9 Å². The largest absolute Gasteiger partial charge is 0.511 e. The number of hydrogen-bond acceptors (Lipinski definition) is 7. The van der Waals surface area contributed by atoms with E-state index in [-0.39, 0.29) is 17.6 Å². The molecule has 3 heterocycles. The topological polar surface area (TPSA) is 104 Å². The second-order valence-electron chi connectivity index (χ2n) is 9.81. The highest BCUT2D eigenvalue weighted by atomic mass is 35.5. The molecule has 0 unspecified atom stereocenters. The van der Waals surface area contributed by atoms with Crippen molar-refractivity contribution >= 4 is 55.5 Å². The molecule has 0 saturated heterocycles. The van der Waals surface area contributed by atoms with E-state index in [0.29, 0.717) is 22.1 Å². The molecule has 1 aliphatic carbocycles. The maximum Gasteiger partial charge on any atom is 0.255 e. The van der Waals surface area contributed by atoms with Crippen molar-refractivity contribution in [2.45, 2.75) is 38.1 Å². The zero-order valence-corrected chi connectivity index (χ0v) is 22.7. The Bertz CT molecular complexity index is 1670. The highest BCUT2D eigenvalue weighted by molar-refractivity contribution is 7.22. The fraction of sp³-hybridized carbons (Fsp3) is 0.241. The SMILES string of the molecule is C=C(O)[C@@H](NC(=O)c1cccn2c(-c3ccc(Nc4nc5ccc(Cl)cc5s4)cc3)nnc12)C1CCCCC1. The van der Waals surface area contributed by atoms with Crippen LogP contribution < -0.4 is 10.6 Å². The summed E-state index contributed by atoms with van der Waals surface area (Å²) in [5.74, 6) is 0.493. The number of hydrogen-bond donors (Lipinski definition) is 3. The van der Waals surface area contributed by atoms with Crippen LogP contribution in [-0.4, -0.2) is 36.6 Å². The number of anilines is 2. The van der Waals surface area contributed by atoms with Crippen LogP contribution in [0.15, 0.2) is 73.1 Å². The quantitative estimate of drug-likeness (QED) is 0.183. The van der Waals surface area contributed by atoms with Gasteiger partial charge < -0.3 is 15.7 Å². The monoisotopic (exact) mass is 558 g/mol. The summed E-state index contributed by atoms with van der Waals surface area (Å²) in [6.07, 6.45) is 7.13. The molecule has 0 radical (unpaired) electrons. The molecule has 8 nitrogen and oxygen atoms in total. The lowest BCUT2D eigenvalue weighted by atomic mass is 9.83. The lowest BCUT2D eigenvalue weighted by molar-refractivity contribution is 0.0909. The molecule has 6 rings (SSSR count). The van der Waals surface area contributed by atoms with Gasteiger partial charge in [-0.05, 0) is 73.4 Å². The minimum atomic E-state index is -0.479. The number of pyridine rings is 1. The number of carbonyl (C=O) groups is 1. The predicted molar refractivity (Wildman–Crippen MR) is 156 cm³/mol. The summed E-state index contributed by atoms with van der Waals surface area (Å²) in [4.78, 5) is 17.9. The third-order valence-electron chi connectivity index (χ3n) is 7.19. The molecule has 2 aromatic carbocycles. The van der Waals surface area contributed by atoms with Gasteiger partial charge in [0, 0.05) is 22.5 Å². The standard InChI is InChI=1S/C29H27ClN6O2S/c1-17(37)25(18-6-3-2-4-7-18)33-28(38)22-8-5-15-36-26(34-35-27(22)36)19-9-12-21(13-10-19)31-29-32-23-14-11-20(30)16-24(23)39-29/h5,8-16,18,25,37H,1-4,6-7H2,(H,31,32)(H,33,38)/t25-/m1/s1. The number of carbonyl (C=O) groups excluding carboxylic acids is 1. The number of thiazole rings is 1. The van der Waals surface area contributed by atoms with E-state index in [0.717, 1.165) is 52.3 Å². The third kappa shape index (κ3) is 5.20. The number of nitrogens with zero attached hydrogens (tertiary/aromatic N) is 4. The van der Waals surface area contributed by atoms with Crippen molar-refractivity contribution in [2.75, 3.05) is 5.32 Å². The number of rotatable bonds is 7. The van der Waals surface area contributed by atoms with Gasteiger partial charge in [0.2, 0.25) is 0 Å². The van der Waals surface area contributed by atoms with Crippen molar-refractivity contribution in [3.05, 3.63) is 83.7 Å². The van der Waals surface area contributed by atoms with Crippen LogP contribution in [0.3, 0.4) is 0 Å². The first-order valence-corrected chi connectivity index (χ1v) is 14.1. The van der Waals surface area contributed by atoms with Gasteiger partial charge in [0.05, 0.1) is 21.8 Å². The molecule has 1 aliphatic rings. The van der Waals surface area contributed by atoms with E-state index in [1.54, 1.807) is 16.5 Å². The minimum absolute atomic E-state index is 0.00676. The van der Waals surface area contributed by atoms with Crippen molar-refractivity contribution in [3.63, 3.8) is 0 Å². The summed E-state index contributed by atoms with van der Waals surface area (Å²) in [5.41, 5.74) is 3.48. The summed E-state index contributed by atoms with van der Waals surface area (Å²) in [7, 11) is 0. The van der Waals surface area contributed by atoms with Crippen molar-refractivity contribution in [3.8, 4) is 11.4 Å². The zero-order valence-electron chi connectivity index (χ0n) is 21.1. The lowest BCUT2D eigenvalue weighted by Gasteiger charge is -2.30. The first-order valence-electron chi connectivity index (χ1n) is 12.9. The van der Waals surface area contributed by atoms with Gasteiger partial charge in [-0.15, -0.1) is 10.2 Å². The molecule has 0 spiro atoms. The number of aliphatic hydroxyl groups is 1. The van der Waals surface area contributed by atoms with Crippen molar-refractivity contribution in [1.82, 2.24) is 24.9 Å². The molecule has 0 bridgehead atoms. The molecule has 1 saturated carbocycles. The van der Waals surface area contributed by atoms with Gasteiger partial charge in [0.25, 0.3) is 5.91 Å². The fourth-order valence-electron chi connectivity index (χ4n) is 5.23. The van der Waals surface area contributed by atoms with E-state index in [1.807, 2.05) is 48.7 Å². The number of benzene rings is 2. The molecule has 39 heavy (non-hydrogen) atoms. The number of aliphatic hydroxyl groups excluding tert-OH is 1. The molecular formula is C29H27ClN6O2S. The average Bonchev–Trinajstić information content (AvgIpc) is 3.55. The van der Waals surface area contributed by atoms with Crippen LogP contribution in [0.4, 0.5) is 10.8 Å². The van der Waals surface area contributed by atoms with Gasteiger partial charge in [-0.2, -0.15) is 0 Å². The molecule has 1 fully saturated rings. The second-order valence-corrected chi connectivity index (χ2v) is 11.3. The van der Waals surface area contributed by atoms with Crippen LogP contribution in [0, 0.1) is 5.92 Å². The molecule has 5 aromatic rings. The van der Waals surface area contributed by atoms with Crippen molar-refractivity contribution < 1.29 is 9.90 Å². The Morgan fingerprint density at radius 3 is 2.67 bits per heavy atom. The highest BCUT2D eigenvalue weighted by Crippen LogP contribution is 2.32. The lowest BCUT2D eigenvalue weighted by Crippen LogP contribution is -2.42. The van der Waals surface area contributed by atoms with E-state index in [4.69, 9.17) is 11.6 Å². The Morgan fingerprint density at radius 1 is 1.10 bits per heavy atom. The number of amides is 1. The molecule has 3 N–H and O–H groups in total. The molecule has 1 amide bonds. The van der Waals surface area contributed by atoms with Gasteiger partial charge in [-0.25, -0.2) is 4.98 Å². The Morgan fingerprint density at radius 2 is 1.90 bits per heavy atom. The number of halogens is 1. The van der Waals surface area contributed by atoms with Crippen LogP contribution in [0.1, 0.15) is 42.5 Å². The van der Waals surface area contributed by atoms with Crippen LogP contribution in [0.25, 0.3) is 27.3 Å². The number of aromatic nitrogens is 4. The summed E-state index contributed by atoms with van der Waals surface area (Å²) in [6, 6.07) is 16.5. The smallest absolute Gasteiger partial charge is 0.255 e. The molecule has 3 aromatic heterocycles. The van der Waals surface area contributed by atoms with E-state index >= 15 is 0 Å². The molecule has 10 heteroatoms. The normalized spacial score (nSPS) is 14.9. The predicted octanol–water partition coefficient (Wildman–Crippen LogP) is 7.15. The minimum Gasteiger partial charge on any atom is -0.511 e. The first-order chi connectivity index (χ1) is 19.0. The van der Waals surface area contributed by atoms with E-state index in [2.05, 4.69) is 32.4 Å². The summed E-state index contributed by atoms with van der Waals surface area (Å²) in [6.45, 7) is 3.73. The van der Waals surface area contributed by atoms with Crippen molar-refractivity contribution in [1.29, 1.82) is 0 Å². The van der Waals surface area contributed by atoms with E-state index in [1.165, 1.54) is 17.8 Å². The molecule has 0 aliphatic heterocycles. The van der Waals surface area contributed by atoms with Crippen LogP contribution in [0.2, 0.25) is 5.02 Å². The van der Waals surface area contributed by atoms with Gasteiger partial charge >= 0.3 is 0 Å². The van der Waals surface area contributed by atoms with Gasteiger partial charge in [-0.1, -0.05) is 48.8 Å². The van der Waals surface area contributed by atoms with E-state index in [9.17, 15) is 9.90 Å². The Hall–Kier alpha value is -3.95. The summed E-state index contributed by atoms with van der Waals surface area (Å²) < 4.78 is 2.82. The van der Waals surface area contributed by atoms with Crippen molar-refractivity contribution in [2.24, 2.45) is 5.92 Å². The second kappa shape index (κ2) is 10.7. The summed E-state index contributed by atoms with van der Waals surface area (Å²) >= 11 is 7.64. The maximum absolute atomic E-state index is 13.3. The third-order valence-corrected chi connectivity index (χ3v) is 8.36. The van der Waals surface area contributed by atoms with Crippen LogP contribution in [0.5, 0.6) is 0 Å². The Kier molecular flexibility index (Phi) is 6.93. The van der Waals surface area contributed by atoms with Gasteiger partial charge in [0.1, 0.15) is 5.76 Å². The average molecular weight is 559 g/mol. The first kappa shape index (κ1) is 25.3.